The summed E-state index contributed by atoms with van der Waals surface area (Å²) in [6.07, 6.45) is -0.306. The molecule has 3 nitrogen and oxygen atoms in total. The van der Waals surface area contributed by atoms with E-state index in [0.29, 0.717) is 13.2 Å². The largest absolute Gasteiger partial charge is 0.488 e. The van der Waals surface area contributed by atoms with Crippen LogP contribution in [-0.4, -0.2) is 18.3 Å². The van der Waals surface area contributed by atoms with E-state index in [-0.39, 0.29) is 23.9 Å². The van der Waals surface area contributed by atoms with E-state index in [1.165, 1.54) is 0 Å². The highest BCUT2D eigenvalue weighted by Gasteiger charge is 2.43. The van der Waals surface area contributed by atoms with Crippen LogP contribution in [0.2, 0.25) is 0 Å². The first-order valence-electron chi connectivity index (χ1n) is 9.63. The van der Waals surface area contributed by atoms with Gasteiger partial charge in [0.2, 0.25) is 4.74 Å². The molecule has 0 aliphatic carbocycles. The molecule has 0 saturated carbocycles. The lowest BCUT2D eigenvalue weighted by Crippen LogP contribution is -2.49. The summed E-state index contributed by atoms with van der Waals surface area (Å²) in [7, 11) is 0. The van der Waals surface area contributed by atoms with Crippen LogP contribution in [0.1, 0.15) is 31.4 Å². The summed E-state index contributed by atoms with van der Waals surface area (Å²) in [4.78, 5) is 0. The van der Waals surface area contributed by atoms with Gasteiger partial charge in [-0.2, -0.15) is 4.39 Å². The summed E-state index contributed by atoms with van der Waals surface area (Å²) in [5.41, 5.74) is 2.09. The molecule has 0 spiro atoms. The summed E-state index contributed by atoms with van der Waals surface area (Å²) in [5, 5.41) is 0. The molecule has 0 amide bonds. The molecule has 1 heterocycles. The Hall–Kier alpha value is -1.69. The van der Waals surface area contributed by atoms with Crippen molar-refractivity contribution < 1.29 is 18.6 Å². The van der Waals surface area contributed by atoms with Crippen LogP contribution < -0.4 is 0 Å². The van der Waals surface area contributed by atoms with Crippen molar-refractivity contribution in [3.8, 4) is 0 Å². The van der Waals surface area contributed by atoms with E-state index in [4.69, 9.17) is 14.2 Å². The van der Waals surface area contributed by atoms with Gasteiger partial charge in [-0.05, 0) is 33.5 Å². The van der Waals surface area contributed by atoms with E-state index in [0.717, 1.165) is 17.5 Å². The van der Waals surface area contributed by atoms with Gasteiger partial charge in [0, 0.05) is 5.92 Å². The first kappa shape index (κ1) is 21.0. The fourth-order valence-corrected chi connectivity index (χ4v) is 3.84. The average Bonchev–Trinajstić information content (AvgIpc) is 2.72. The predicted octanol–water partition coefficient (Wildman–Crippen LogP) is 6.14. The molecular weight excluding hydrogens is 423 g/mol. The molecular formula is C23H26BrFO3. The van der Waals surface area contributed by atoms with Crippen molar-refractivity contribution in [2.75, 3.05) is 0 Å². The molecule has 1 saturated heterocycles. The zero-order valence-corrected chi connectivity index (χ0v) is 17.8. The Labute approximate surface area is 174 Å². The Morgan fingerprint density at radius 2 is 1.50 bits per heavy atom. The number of hydrogen-bond acceptors (Lipinski definition) is 3. The third kappa shape index (κ3) is 5.22. The lowest BCUT2D eigenvalue weighted by Gasteiger charge is -2.42. The average molecular weight is 449 g/mol. The van der Waals surface area contributed by atoms with Crippen LogP contribution in [-0.2, 0) is 27.4 Å². The second-order valence-electron chi connectivity index (χ2n) is 7.03. The van der Waals surface area contributed by atoms with Crippen molar-refractivity contribution in [3.63, 3.8) is 0 Å². The van der Waals surface area contributed by atoms with E-state index >= 15 is 0 Å². The van der Waals surface area contributed by atoms with Crippen LogP contribution in [0, 0.1) is 5.92 Å². The summed E-state index contributed by atoms with van der Waals surface area (Å²) < 4.78 is 32.1. The Morgan fingerprint density at radius 3 is 2.00 bits per heavy atom. The minimum Gasteiger partial charge on any atom is -0.488 e. The number of ether oxygens (including phenoxy) is 3. The molecule has 3 rings (SSSR count). The zero-order chi connectivity index (χ0) is 19.9. The molecule has 0 aromatic heterocycles. The molecule has 1 fully saturated rings. The minimum absolute atomic E-state index is 0.0603. The lowest BCUT2D eigenvalue weighted by atomic mass is 9.88. The van der Waals surface area contributed by atoms with Gasteiger partial charge >= 0.3 is 0 Å². The van der Waals surface area contributed by atoms with E-state index in [2.05, 4.69) is 22.9 Å². The van der Waals surface area contributed by atoms with Gasteiger partial charge in [-0.3, -0.25) is 0 Å². The molecule has 1 aliphatic heterocycles. The molecule has 0 bridgehead atoms. The highest BCUT2D eigenvalue weighted by Crippen LogP contribution is 2.37. The van der Waals surface area contributed by atoms with Crippen molar-refractivity contribution in [2.45, 2.75) is 51.8 Å². The van der Waals surface area contributed by atoms with Gasteiger partial charge in [0.1, 0.15) is 12.2 Å². The fourth-order valence-electron chi connectivity index (χ4n) is 3.52. The van der Waals surface area contributed by atoms with Crippen LogP contribution in [0.15, 0.2) is 71.2 Å². The van der Waals surface area contributed by atoms with Crippen molar-refractivity contribution >= 4 is 15.9 Å². The monoisotopic (exact) mass is 448 g/mol. The second kappa shape index (κ2) is 10.2. The molecule has 2 aromatic rings. The zero-order valence-electron chi connectivity index (χ0n) is 16.2. The van der Waals surface area contributed by atoms with E-state index in [9.17, 15) is 4.39 Å². The third-order valence-electron chi connectivity index (χ3n) is 5.09. The van der Waals surface area contributed by atoms with Crippen LogP contribution in [0.5, 0.6) is 0 Å². The highest BCUT2D eigenvalue weighted by atomic mass is 79.9. The molecule has 2 aromatic carbocycles. The number of benzene rings is 2. The maximum atomic E-state index is 14.3. The van der Waals surface area contributed by atoms with E-state index < -0.39 is 10.8 Å². The Bertz CT molecular complexity index is 762. The summed E-state index contributed by atoms with van der Waals surface area (Å²) in [5.74, 6) is 0.240. The van der Waals surface area contributed by atoms with Gasteiger partial charge in [-0.1, -0.05) is 74.5 Å². The minimum atomic E-state index is -0.624. The molecule has 150 valence electrons. The van der Waals surface area contributed by atoms with E-state index in [1.807, 2.05) is 67.6 Å². The molecule has 1 aliphatic rings. The van der Waals surface area contributed by atoms with Gasteiger partial charge in [-0.25, -0.2) is 0 Å². The summed E-state index contributed by atoms with van der Waals surface area (Å²) >= 11 is 2.96. The first-order valence-corrected chi connectivity index (χ1v) is 10.4. The third-order valence-corrected chi connectivity index (χ3v) is 5.48. The topological polar surface area (TPSA) is 27.7 Å². The molecule has 5 heteroatoms. The highest BCUT2D eigenvalue weighted by molar-refractivity contribution is 9.11. The summed E-state index contributed by atoms with van der Waals surface area (Å²) in [6, 6.07) is 19.8. The van der Waals surface area contributed by atoms with Crippen LogP contribution in [0.3, 0.4) is 0 Å². The van der Waals surface area contributed by atoms with Crippen molar-refractivity contribution in [3.05, 3.63) is 82.3 Å². The Kier molecular flexibility index (Phi) is 7.65. The van der Waals surface area contributed by atoms with Gasteiger partial charge in [-0.15, -0.1) is 0 Å². The van der Waals surface area contributed by atoms with Gasteiger partial charge in [0.25, 0.3) is 0 Å². The standard InChI is InChI=1S/C23H26BrFO3/c1-3-19-16(2)20(26-14-17-10-6-4-7-11-17)21(22(28-19)23(24)25)27-15-18-12-8-5-9-13-18/h4-13,16,19-21H,3,14-15H2,1-2H3/t16-,19-,20+,21-/m1/s1. The maximum absolute atomic E-state index is 14.3. The van der Waals surface area contributed by atoms with Gasteiger partial charge in [0.05, 0.1) is 19.3 Å². The molecule has 0 N–H and O–H groups in total. The second-order valence-corrected chi connectivity index (χ2v) is 7.72. The number of hydrogen-bond donors (Lipinski definition) is 0. The first-order chi connectivity index (χ1) is 13.6. The van der Waals surface area contributed by atoms with Gasteiger partial charge < -0.3 is 14.2 Å². The van der Waals surface area contributed by atoms with Crippen LogP contribution in [0.25, 0.3) is 0 Å². The predicted molar refractivity (Wildman–Crippen MR) is 111 cm³/mol. The van der Waals surface area contributed by atoms with Crippen LogP contribution in [0.4, 0.5) is 4.39 Å². The summed E-state index contributed by atoms with van der Waals surface area (Å²) in [6.45, 7) is 4.90. The Balaban J connectivity index is 1.81. The maximum Gasteiger partial charge on any atom is 0.206 e. The van der Waals surface area contributed by atoms with Gasteiger partial charge in [0.15, 0.2) is 5.76 Å². The normalized spacial score (nSPS) is 26.6. The molecule has 28 heavy (non-hydrogen) atoms. The molecule has 0 unspecified atom stereocenters. The quantitative estimate of drug-likeness (QED) is 0.509. The SMILES string of the molecule is CC[C@H]1OC(=C(F)Br)[C@H](OCc2ccccc2)[C@@H](OCc2ccccc2)[C@@H]1C. The van der Waals surface area contributed by atoms with E-state index in [1.54, 1.807) is 0 Å². The number of rotatable bonds is 7. The Morgan fingerprint density at radius 1 is 0.964 bits per heavy atom. The molecule has 4 atom stereocenters. The smallest absolute Gasteiger partial charge is 0.206 e. The van der Waals surface area contributed by atoms with Crippen molar-refractivity contribution in [1.29, 1.82) is 0 Å². The number of halogens is 2. The molecule has 0 radical (unpaired) electrons. The fraction of sp³-hybridized carbons (Fsp3) is 0.391. The van der Waals surface area contributed by atoms with Crippen LogP contribution >= 0.6 is 15.9 Å². The van der Waals surface area contributed by atoms with Crippen molar-refractivity contribution in [2.24, 2.45) is 5.92 Å². The lowest BCUT2D eigenvalue weighted by molar-refractivity contribution is -0.168. The van der Waals surface area contributed by atoms with Crippen molar-refractivity contribution in [1.82, 2.24) is 0 Å².